The quantitative estimate of drug-likeness (QED) is 0.778. The van der Waals surface area contributed by atoms with Gasteiger partial charge in [0.15, 0.2) is 0 Å². The highest BCUT2D eigenvalue weighted by Gasteiger charge is 2.26. The van der Waals surface area contributed by atoms with E-state index in [-0.39, 0.29) is 5.92 Å². The molecule has 0 bridgehead atoms. The number of carboxylic acid groups (broad SMARTS) is 1. The average molecular weight is 263 g/mol. The van der Waals surface area contributed by atoms with Crippen LogP contribution in [-0.4, -0.2) is 51.8 Å². The van der Waals surface area contributed by atoms with Gasteiger partial charge in [0.05, 0.1) is 13.2 Å². The molecule has 1 heterocycles. The van der Waals surface area contributed by atoms with Gasteiger partial charge in [-0.1, -0.05) is 37.8 Å². The van der Waals surface area contributed by atoms with Crippen LogP contribution in [0, 0.1) is 5.92 Å². The highest BCUT2D eigenvalue weighted by atomic mass is 32.2. The number of hydrogen-bond donors (Lipinski definition) is 1. The summed E-state index contributed by atoms with van der Waals surface area (Å²) in [6.45, 7) is 6.65. The molecule has 0 saturated carbocycles. The Kier molecular flexibility index (Phi) is 5.51. The SMILES string of the molecule is CC(C)C(SC(=S)N1CCOCC1)C(=O)O. The standard InChI is InChI=1S/C10H17NO3S2/c1-7(2)8(9(12)13)16-10(15)11-3-5-14-6-4-11/h7-8H,3-6H2,1-2H3,(H,12,13). The lowest BCUT2D eigenvalue weighted by Crippen LogP contribution is -2.40. The first kappa shape index (κ1) is 13.7. The van der Waals surface area contributed by atoms with Gasteiger partial charge in [-0.25, -0.2) is 0 Å². The maximum Gasteiger partial charge on any atom is 0.317 e. The van der Waals surface area contributed by atoms with Crippen LogP contribution in [0.4, 0.5) is 0 Å². The molecule has 1 saturated heterocycles. The van der Waals surface area contributed by atoms with Crippen LogP contribution < -0.4 is 0 Å². The number of morpholine rings is 1. The summed E-state index contributed by atoms with van der Waals surface area (Å²) in [5.41, 5.74) is 0. The summed E-state index contributed by atoms with van der Waals surface area (Å²) in [5.74, 6) is -0.725. The van der Waals surface area contributed by atoms with Gasteiger partial charge in [0.25, 0.3) is 0 Å². The number of ether oxygens (including phenoxy) is 1. The monoisotopic (exact) mass is 263 g/mol. The highest BCUT2D eigenvalue weighted by molar-refractivity contribution is 8.23. The smallest absolute Gasteiger partial charge is 0.317 e. The first-order chi connectivity index (χ1) is 7.52. The van der Waals surface area contributed by atoms with E-state index in [0.29, 0.717) is 17.5 Å². The van der Waals surface area contributed by atoms with Gasteiger partial charge in [-0.05, 0) is 5.92 Å². The van der Waals surface area contributed by atoms with Crippen molar-refractivity contribution in [1.82, 2.24) is 4.90 Å². The fourth-order valence-corrected chi connectivity index (χ4v) is 2.82. The second-order valence-corrected chi connectivity index (χ2v) is 5.76. The van der Waals surface area contributed by atoms with Crippen molar-refractivity contribution in [2.45, 2.75) is 19.1 Å². The van der Waals surface area contributed by atoms with Crippen LogP contribution in [-0.2, 0) is 9.53 Å². The van der Waals surface area contributed by atoms with E-state index in [0.717, 1.165) is 13.1 Å². The van der Waals surface area contributed by atoms with Crippen molar-refractivity contribution in [1.29, 1.82) is 0 Å². The summed E-state index contributed by atoms with van der Waals surface area (Å²) >= 11 is 6.53. The summed E-state index contributed by atoms with van der Waals surface area (Å²) in [5, 5.41) is 8.60. The van der Waals surface area contributed by atoms with E-state index in [1.54, 1.807) is 0 Å². The van der Waals surface area contributed by atoms with Crippen molar-refractivity contribution < 1.29 is 14.6 Å². The molecule has 6 heteroatoms. The first-order valence-electron chi connectivity index (χ1n) is 5.28. The number of thioether (sulfide) groups is 1. The average Bonchev–Trinajstić information content (AvgIpc) is 2.25. The summed E-state index contributed by atoms with van der Waals surface area (Å²) in [6, 6.07) is 0. The zero-order valence-electron chi connectivity index (χ0n) is 9.51. The third-order valence-corrected chi connectivity index (χ3v) is 4.35. The maximum absolute atomic E-state index is 11.0. The molecule has 1 fully saturated rings. The molecule has 0 aromatic heterocycles. The van der Waals surface area contributed by atoms with Crippen molar-refractivity contribution >= 4 is 34.3 Å². The molecular weight excluding hydrogens is 246 g/mol. The van der Waals surface area contributed by atoms with Crippen LogP contribution in [0.3, 0.4) is 0 Å². The molecule has 0 amide bonds. The Labute approximate surface area is 105 Å². The van der Waals surface area contributed by atoms with Crippen LogP contribution in [0.5, 0.6) is 0 Å². The van der Waals surface area contributed by atoms with Crippen molar-refractivity contribution in [3.05, 3.63) is 0 Å². The van der Waals surface area contributed by atoms with Gasteiger partial charge in [0.1, 0.15) is 9.57 Å². The van der Waals surface area contributed by atoms with Crippen molar-refractivity contribution in [3.63, 3.8) is 0 Å². The van der Waals surface area contributed by atoms with E-state index >= 15 is 0 Å². The predicted octanol–water partition coefficient (Wildman–Crippen LogP) is 1.45. The number of aliphatic carboxylic acids is 1. The van der Waals surface area contributed by atoms with Crippen LogP contribution in [0.1, 0.15) is 13.8 Å². The molecule has 1 atom stereocenters. The molecule has 0 aliphatic carbocycles. The van der Waals surface area contributed by atoms with Crippen LogP contribution >= 0.6 is 24.0 Å². The van der Waals surface area contributed by atoms with Gasteiger partial charge in [0.2, 0.25) is 0 Å². The van der Waals surface area contributed by atoms with Gasteiger partial charge in [-0.2, -0.15) is 0 Å². The highest BCUT2D eigenvalue weighted by Crippen LogP contribution is 2.23. The summed E-state index contributed by atoms with van der Waals surface area (Å²) in [7, 11) is 0. The zero-order valence-corrected chi connectivity index (χ0v) is 11.1. The van der Waals surface area contributed by atoms with Crippen molar-refractivity contribution in [3.8, 4) is 0 Å². The second-order valence-electron chi connectivity index (χ2n) is 3.99. The van der Waals surface area contributed by atoms with E-state index in [1.807, 2.05) is 18.7 Å². The van der Waals surface area contributed by atoms with Crippen LogP contribution in [0.15, 0.2) is 0 Å². The minimum Gasteiger partial charge on any atom is -0.480 e. The Morgan fingerprint density at radius 2 is 2.00 bits per heavy atom. The van der Waals surface area contributed by atoms with Gasteiger partial charge in [-0.3, -0.25) is 4.79 Å². The minimum atomic E-state index is -0.796. The molecule has 1 aliphatic heterocycles. The topological polar surface area (TPSA) is 49.8 Å². The number of hydrogen-bond acceptors (Lipinski definition) is 4. The van der Waals surface area contributed by atoms with Gasteiger partial charge >= 0.3 is 5.97 Å². The zero-order chi connectivity index (χ0) is 12.1. The van der Waals surface area contributed by atoms with Crippen molar-refractivity contribution in [2.24, 2.45) is 5.92 Å². The number of carbonyl (C=O) groups is 1. The molecule has 0 aromatic rings. The Balaban J connectivity index is 2.50. The van der Waals surface area contributed by atoms with Gasteiger partial charge in [0, 0.05) is 13.1 Å². The molecule has 1 unspecified atom stereocenters. The Morgan fingerprint density at radius 3 is 2.44 bits per heavy atom. The van der Waals surface area contributed by atoms with E-state index in [9.17, 15) is 4.79 Å². The van der Waals surface area contributed by atoms with Crippen molar-refractivity contribution in [2.75, 3.05) is 26.3 Å². The fraction of sp³-hybridized carbons (Fsp3) is 0.800. The molecule has 1 N–H and O–H groups in total. The lowest BCUT2D eigenvalue weighted by atomic mass is 10.1. The van der Waals surface area contributed by atoms with Crippen LogP contribution in [0.2, 0.25) is 0 Å². The lowest BCUT2D eigenvalue weighted by Gasteiger charge is -2.30. The largest absolute Gasteiger partial charge is 0.480 e. The molecular formula is C10H17NO3S2. The fourth-order valence-electron chi connectivity index (χ4n) is 1.40. The van der Waals surface area contributed by atoms with E-state index in [1.165, 1.54) is 11.8 Å². The molecule has 16 heavy (non-hydrogen) atoms. The molecule has 1 rings (SSSR count). The third-order valence-electron chi connectivity index (χ3n) is 2.35. The van der Waals surface area contributed by atoms with Crippen LogP contribution in [0.25, 0.3) is 0 Å². The van der Waals surface area contributed by atoms with E-state index in [4.69, 9.17) is 22.1 Å². The number of rotatable bonds is 3. The Bertz CT molecular complexity index is 265. The van der Waals surface area contributed by atoms with E-state index < -0.39 is 11.2 Å². The Hall–Kier alpha value is -0.330. The number of nitrogens with zero attached hydrogens (tertiary/aromatic N) is 1. The molecule has 1 aliphatic rings. The predicted molar refractivity (Wildman–Crippen MR) is 68.8 cm³/mol. The first-order valence-corrected chi connectivity index (χ1v) is 6.57. The maximum atomic E-state index is 11.0. The second kappa shape index (κ2) is 6.42. The normalized spacial score (nSPS) is 18.6. The van der Waals surface area contributed by atoms with E-state index in [2.05, 4.69) is 0 Å². The molecule has 0 spiro atoms. The summed E-state index contributed by atoms with van der Waals surface area (Å²) < 4.78 is 5.89. The number of thiocarbonyl (C=S) groups is 1. The third kappa shape index (κ3) is 3.92. The molecule has 0 radical (unpaired) electrons. The molecule has 92 valence electrons. The van der Waals surface area contributed by atoms with Gasteiger partial charge < -0.3 is 14.7 Å². The van der Waals surface area contributed by atoms with Gasteiger partial charge in [-0.15, -0.1) is 0 Å². The summed E-state index contributed by atoms with van der Waals surface area (Å²) in [6.07, 6.45) is 0. The molecule has 4 nitrogen and oxygen atoms in total. The Morgan fingerprint density at radius 1 is 1.44 bits per heavy atom. The number of carboxylic acids is 1. The lowest BCUT2D eigenvalue weighted by molar-refractivity contribution is -0.137. The summed E-state index contributed by atoms with van der Waals surface area (Å²) in [4.78, 5) is 13.1. The minimum absolute atomic E-state index is 0.0708. The molecule has 0 aromatic carbocycles.